The number of carbonyl (C=O) groups is 1. The third-order valence-electron chi connectivity index (χ3n) is 4.19. The Balaban J connectivity index is 2.09. The molecule has 2 aromatic carbocycles. The van der Waals surface area contributed by atoms with Crippen LogP contribution in [0, 0.1) is 5.82 Å². The summed E-state index contributed by atoms with van der Waals surface area (Å²) in [5, 5.41) is 3.33. The quantitative estimate of drug-likeness (QED) is 0.832. The third kappa shape index (κ3) is 2.22. The van der Waals surface area contributed by atoms with Crippen LogP contribution in [-0.4, -0.2) is 12.3 Å². The Morgan fingerprint density at radius 3 is 2.52 bits per heavy atom. The lowest BCUT2D eigenvalue weighted by molar-refractivity contribution is -0.109. The van der Waals surface area contributed by atoms with Gasteiger partial charge in [0.1, 0.15) is 12.1 Å². The van der Waals surface area contributed by atoms with E-state index in [-0.39, 0.29) is 16.5 Å². The first kappa shape index (κ1) is 14.1. The second kappa shape index (κ2) is 4.85. The molecule has 1 aliphatic rings. The molecule has 1 N–H and O–H groups in total. The molecule has 0 bridgehead atoms. The summed E-state index contributed by atoms with van der Waals surface area (Å²) in [5.41, 5.74) is 3.58. The van der Waals surface area contributed by atoms with Gasteiger partial charge in [-0.2, -0.15) is 0 Å². The first-order valence-electron chi connectivity index (χ1n) is 6.75. The number of hydrogen-bond donors (Lipinski definition) is 1. The summed E-state index contributed by atoms with van der Waals surface area (Å²) in [6.07, 6.45) is 0.939. The van der Waals surface area contributed by atoms with Crippen LogP contribution >= 0.6 is 11.6 Å². The molecule has 1 unspecified atom stereocenters. The molecule has 1 aliphatic heterocycles. The highest BCUT2D eigenvalue weighted by molar-refractivity contribution is 6.31. The number of anilines is 1. The molecule has 108 valence electrons. The first-order valence-corrected chi connectivity index (χ1v) is 7.13. The van der Waals surface area contributed by atoms with Crippen molar-refractivity contribution in [2.24, 2.45) is 0 Å². The van der Waals surface area contributed by atoms with Crippen LogP contribution in [-0.2, 0) is 10.2 Å². The van der Waals surface area contributed by atoms with Crippen LogP contribution in [0.3, 0.4) is 0 Å². The monoisotopic (exact) mass is 303 g/mol. The topological polar surface area (TPSA) is 29.1 Å². The molecule has 0 radical (unpaired) electrons. The number of hydrogen-bond acceptors (Lipinski definition) is 2. The van der Waals surface area contributed by atoms with Crippen LogP contribution in [0.4, 0.5) is 10.1 Å². The lowest BCUT2D eigenvalue weighted by Crippen LogP contribution is -2.34. The van der Waals surface area contributed by atoms with Crippen molar-refractivity contribution in [1.29, 1.82) is 0 Å². The van der Waals surface area contributed by atoms with Crippen molar-refractivity contribution in [3.05, 3.63) is 52.8 Å². The lowest BCUT2D eigenvalue weighted by atomic mass is 9.80. The number of benzene rings is 2. The van der Waals surface area contributed by atoms with Crippen molar-refractivity contribution in [3.8, 4) is 11.1 Å². The second-order valence-corrected chi connectivity index (χ2v) is 6.28. The number of carbonyl (C=O) groups excluding carboxylic acids is 1. The summed E-state index contributed by atoms with van der Waals surface area (Å²) in [7, 11) is 0. The zero-order chi connectivity index (χ0) is 15.2. The van der Waals surface area contributed by atoms with Gasteiger partial charge in [0.2, 0.25) is 0 Å². The molecule has 0 aliphatic carbocycles. The van der Waals surface area contributed by atoms with Gasteiger partial charge >= 0.3 is 0 Å². The van der Waals surface area contributed by atoms with E-state index in [1.165, 1.54) is 6.07 Å². The molecule has 0 aromatic heterocycles. The Labute approximate surface area is 127 Å². The molecule has 0 saturated carbocycles. The average Bonchev–Trinajstić information content (AvgIpc) is 2.72. The smallest absolute Gasteiger partial charge is 0.143 e. The maximum atomic E-state index is 13.3. The van der Waals surface area contributed by atoms with E-state index in [0.717, 1.165) is 28.7 Å². The molecule has 3 rings (SSSR count). The Morgan fingerprint density at radius 1 is 1.19 bits per heavy atom. The Bertz CT molecular complexity index is 727. The van der Waals surface area contributed by atoms with Gasteiger partial charge in [0, 0.05) is 11.1 Å². The molecule has 1 heterocycles. The summed E-state index contributed by atoms with van der Waals surface area (Å²) in [6.45, 7) is 4.07. The van der Waals surface area contributed by atoms with Gasteiger partial charge in [0.05, 0.1) is 11.1 Å². The van der Waals surface area contributed by atoms with E-state index >= 15 is 0 Å². The van der Waals surface area contributed by atoms with Gasteiger partial charge < -0.3 is 10.1 Å². The predicted octanol–water partition coefficient (Wildman–Crippen LogP) is 4.42. The minimum atomic E-state index is -0.426. The van der Waals surface area contributed by atoms with E-state index in [1.807, 2.05) is 32.0 Å². The first-order chi connectivity index (χ1) is 9.93. The fraction of sp³-hybridized carbons (Fsp3) is 0.235. The van der Waals surface area contributed by atoms with Crippen molar-refractivity contribution >= 4 is 23.6 Å². The molecular weight excluding hydrogens is 289 g/mol. The number of fused-ring (bicyclic) bond motifs is 1. The predicted molar refractivity (Wildman–Crippen MR) is 83.3 cm³/mol. The second-order valence-electron chi connectivity index (χ2n) is 5.87. The highest BCUT2D eigenvalue weighted by Gasteiger charge is 2.39. The molecule has 0 saturated heterocycles. The Kier molecular flexibility index (Phi) is 3.25. The zero-order valence-electron chi connectivity index (χ0n) is 11.8. The van der Waals surface area contributed by atoms with E-state index in [9.17, 15) is 9.18 Å². The van der Waals surface area contributed by atoms with E-state index in [0.29, 0.717) is 0 Å². The van der Waals surface area contributed by atoms with Gasteiger partial charge in [0.15, 0.2) is 0 Å². The van der Waals surface area contributed by atoms with Crippen LogP contribution in [0.1, 0.15) is 19.4 Å². The summed E-state index contributed by atoms with van der Waals surface area (Å²) in [5.74, 6) is -0.426. The van der Waals surface area contributed by atoms with Gasteiger partial charge in [-0.3, -0.25) is 0 Å². The van der Waals surface area contributed by atoms with Crippen LogP contribution in [0.15, 0.2) is 36.4 Å². The minimum absolute atomic E-state index is 0.108. The maximum absolute atomic E-state index is 13.3. The van der Waals surface area contributed by atoms with Crippen LogP contribution in [0.2, 0.25) is 5.02 Å². The lowest BCUT2D eigenvalue weighted by Gasteiger charge is -2.23. The average molecular weight is 304 g/mol. The number of rotatable bonds is 2. The fourth-order valence-corrected chi connectivity index (χ4v) is 2.96. The molecular formula is C17H15ClFNO. The molecule has 2 nitrogen and oxygen atoms in total. The third-order valence-corrected chi connectivity index (χ3v) is 4.48. The number of aldehydes is 1. The molecule has 0 amide bonds. The summed E-state index contributed by atoms with van der Waals surface area (Å²) < 4.78 is 13.3. The van der Waals surface area contributed by atoms with E-state index < -0.39 is 5.82 Å². The summed E-state index contributed by atoms with van der Waals surface area (Å²) in [4.78, 5) is 11.2. The molecule has 21 heavy (non-hydrogen) atoms. The zero-order valence-corrected chi connectivity index (χ0v) is 12.5. The van der Waals surface area contributed by atoms with Gasteiger partial charge in [-0.1, -0.05) is 37.6 Å². The highest BCUT2D eigenvalue weighted by Crippen LogP contribution is 2.42. The minimum Gasteiger partial charge on any atom is -0.375 e. The SMILES string of the molecule is CC1(C)c2cc(-c3ccc(F)c(Cl)c3)ccc2NC1C=O. The fourth-order valence-electron chi connectivity index (χ4n) is 2.78. The Morgan fingerprint density at radius 2 is 1.86 bits per heavy atom. The van der Waals surface area contributed by atoms with Crippen LogP contribution in [0.5, 0.6) is 0 Å². The van der Waals surface area contributed by atoms with E-state index in [2.05, 4.69) is 5.32 Å². The van der Waals surface area contributed by atoms with Crippen LogP contribution < -0.4 is 5.32 Å². The van der Waals surface area contributed by atoms with Gasteiger partial charge in [0.25, 0.3) is 0 Å². The van der Waals surface area contributed by atoms with Crippen molar-refractivity contribution in [2.45, 2.75) is 25.3 Å². The maximum Gasteiger partial charge on any atom is 0.143 e. The van der Waals surface area contributed by atoms with Gasteiger partial charge in [-0.25, -0.2) is 4.39 Å². The standard InChI is InChI=1S/C17H15ClFNO/c1-17(2)12-7-10(4-6-15(12)20-16(17)9-21)11-3-5-14(19)13(18)8-11/h3-9,16,20H,1-2H3. The molecule has 2 aromatic rings. The summed E-state index contributed by atoms with van der Waals surface area (Å²) >= 11 is 5.85. The number of nitrogens with one attached hydrogen (secondary N) is 1. The van der Waals surface area contributed by atoms with Crippen LogP contribution in [0.25, 0.3) is 11.1 Å². The Hall–Kier alpha value is -1.87. The van der Waals surface area contributed by atoms with Gasteiger partial charge in [-0.05, 0) is 41.0 Å². The molecule has 0 spiro atoms. The molecule has 4 heteroatoms. The molecule has 0 fully saturated rings. The normalized spacial score (nSPS) is 19.0. The number of halogens is 2. The summed E-state index contributed by atoms with van der Waals surface area (Å²) in [6, 6.07) is 10.4. The van der Waals surface area contributed by atoms with Crippen molar-refractivity contribution in [1.82, 2.24) is 0 Å². The van der Waals surface area contributed by atoms with E-state index in [4.69, 9.17) is 11.6 Å². The van der Waals surface area contributed by atoms with Crippen molar-refractivity contribution in [3.63, 3.8) is 0 Å². The van der Waals surface area contributed by atoms with Gasteiger partial charge in [-0.15, -0.1) is 0 Å². The largest absolute Gasteiger partial charge is 0.375 e. The van der Waals surface area contributed by atoms with Crippen molar-refractivity contribution < 1.29 is 9.18 Å². The molecule has 1 atom stereocenters. The van der Waals surface area contributed by atoms with E-state index in [1.54, 1.807) is 12.1 Å². The van der Waals surface area contributed by atoms with Crippen molar-refractivity contribution in [2.75, 3.05) is 5.32 Å². The highest BCUT2D eigenvalue weighted by atomic mass is 35.5.